The van der Waals surface area contributed by atoms with Gasteiger partial charge in [-0.2, -0.15) is 5.10 Å². The molecule has 2 heterocycles. The Morgan fingerprint density at radius 3 is 2.56 bits per heavy atom. The van der Waals surface area contributed by atoms with Gasteiger partial charge in [-0.3, -0.25) is 14.3 Å². The summed E-state index contributed by atoms with van der Waals surface area (Å²) in [4.78, 5) is 24.9. The minimum atomic E-state index is -0.613. The van der Waals surface area contributed by atoms with Crippen molar-refractivity contribution in [1.82, 2.24) is 20.4 Å². The van der Waals surface area contributed by atoms with Gasteiger partial charge in [0.05, 0.1) is 15.2 Å². The van der Waals surface area contributed by atoms with E-state index in [1.165, 1.54) is 11.3 Å². The lowest BCUT2D eigenvalue weighted by atomic mass is 10.1. The Morgan fingerprint density at radius 2 is 1.93 bits per heavy atom. The summed E-state index contributed by atoms with van der Waals surface area (Å²) in [6.07, 6.45) is 3.67. The molecule has 2 aromatic heterocycles. The maximum absolute atomic E-state index is 12.2. The number of benzene rings is 1. The molecule has 0 spiro atoms. The number of rotatable bonds is 7. The lowest BCUT2D eigenvalue weighted by molar-refractivity contribution is -0.122. The SMILES string of the molecule is CC(NC(=O)c1ccc(Br)s1)C(=O)NCc1ccc(Cn2cccn2)cc1. The van der Waals surface area contributed by atoms with Gasteiger partial charge < -0.3 is 10.6 Å². The summed E-state index contributed by atoms with van der Waals surface area (Å²) in [6, 6.07) is 12.8. The van der Waals surface area contributed by atoms with Gasteiger partial charge >= 0.3 is 0 Å². The van der Waals surface area contributed by atoms with Gasteiger partial charge in [0.2, 0.25) is 5.91 Å². The fraction of sp³-hybridized carbons (Fsp3) is 0.211. The molecule has 3 rings (SSSR count). The first-order valence-corrected chi connectivity index (χ1v) is 10.0. The number of amides is 2. The fourth-order valence-corrected chi connectivity index (χ4v) is 3.74. The topological polar surface area (TPSA) is 76.0 Å². The highest BCUT2D eigenvalue weighted by Crippen LogP contribution is 2.21. The van der Waals surface area contributed by atoms with Crippen molar-refractivity contribution in [3.8, 4) is 0 Å². The zero-order valence-electron chi connectivity index (χ0n) is 14.7. The predicted octanol–water partition coefficient (Wildman–Crippen LogP) is 3.19. The number of hydrogen-bond donors (Lipinski definition) is 2. The van der Waals surface area contributed by atoms with Crippen LogP contribution in [0.15, 0.2) is 58.6 Å². The van der Waals surface area contributed by atoms with Crippen molar-refractivity contribution in [2.45, 2.75) is 26.1 Å². The lowest BCUT2D eigenvalue weighted by Crippen LogP contribution is -2.44. The van der Waals surface area contributed by atoms with E-state index in [1.807, 2.05) is 41.2 Å². The van der Waals surface area contributed by atoms with Gasteiger partial charge in [0.25, 0.3) is 5.91 Å². The van der Waals surface area contributed by atoms with E-state index >= 15 is 0 Å². The van der Waals surface area contributed by atoms with E-state index in [4.69, 9.17) is 0 Å². The monoisotopic (exact) mass is 446 g/mol. The van der Waals surface area contributed by atoms with E-state index in [0.29, 0.717) is 18.0 Å². The molecule has 27 heavy (non-hydrogen) atoms. The molecule has 0 bridgehead atoms. The second-order valence-corrected chi connectivity index (χ2v) is 8.50. The molecule has 0 saturated heterocycles. The molecular weight excluding hydrogens is 428 g/mol. The van der Waals surface area contributed by atoms with Crippen molar-refractivity contribution in [3.05, 3.63) is 74.6 Å². The molecule has 1 unspecified atom stereocenters. The largest absolute Gasteiger partial charge is 0.350 e. The van der Waals surface area contributed by atoms with Gasteiger partial charge in [0, 0.05) is 18.9 Å². The van der Waals surface area contributed by atoms with Gasteiger partial charge in [-0.15, -0.1) is 11.3 Å². The Bertz CT molecular complexity index is 906. The molecule has 140 valence electrons. The molecule has 6 nitrogen and oxygen atoms in total. The number of aromatic nitrogens is 2. The summed E-state index contributed by atoms with van der Waals surface area (Å²) in [7, 11) is 0. The maximum atomic E-state index is 12.2. The van der Waals surface area contributed by atoms with E-state index in [2.05, 4.69) is 31.7 Å². The second-order valence-electron chi connectivity index (χ2n) is 6.04. The van der Waals surface area contributed by atoms with Crippen LogP contribution < -0.4 is 10.6 Å². The summed E-state index contributed by atoms with van der Waals surface area (Å²) < 4.78 is 2.73. The van der Waals surface area contributed by atoms with Crippen LogP contribution in [0.1, 0.15) is 27.7 Å². The third-order valence-electron chi connectivity index (χ3n) is 3.93. The normalized spacial score (nSPS) is 11.8. The summed E-state index contributed by atoms with van der Waals surface area (Å²) in [5.41, 5.74) is 2.13. The van der Waals surface area contributed by atoms with Crippen molar-refractivity contribution < 1.29 is 9.59 Å². The van der Waals surface area contributed by atoms with Gasteiger partial charge in [0.1, 0.15) is 6.04 Å². The zero-order chi connectivity index (χ0) is 19.2. The number of nitrogens with one attached hydrogen (secondary N) is 2. The quantitative estimate of drug-likeness (QED) is 0.584. The smallest absolute Gasteiger partial charge is 0.262 e. The van der Waals surface area contributed by atoms with E-state index in [9.17, 15) is 9.59 Å². The van der Waals surface area contributed by atoms with Gasteiger partial charge in [0.15, 0.2) is 0 Å². The van der Waals surface area contributed by atoms with Crippen LogP contribution in [0.25, 0.3) is 0 Å². The predicted molar refractivity (Wildman–Crippen MR) is 109 cm³/mol. The molecule has 0 saturated carbocycles. The van der Waals surface area contributed by atoms with Crippen LogP contribution in [0.2, 0.25) is 0 Å². The Kier molecular flexibility index (Phi) is 6.41. The molecule has 0 aliphatic heterocycles. The maximum Gasteiger partial charge on any atom is 0.262 e. The van der Waals surface area contributed by atoms with Crippen molar-refractivity contribution in [2.24, 2.45) is 0 Å². The van der Waals surface area contributed by atoms with E-state index < -0.39 is 6.04 Å². The number of halogens is 1. The van der Waals surface area contributed by atoms with E-state index in [1.54, 1.807) is 25.3 Å². The number of carbonyl (C=O) groups excluding carboxylic acids is 2. The molecule has 3 aromatic rings. The Morgan fingerprint density at radius 1 is 1.19 bits per heavy atom. The molecule has 0 aliphatic carbocycles. The first kappa shape index (κ1) is 19.3. The number of hydrogen-bond acceptors (Lipinski definition) is 4. The summed E-state index contributed by atoms with van der Waals surface area (Å²) in [5.74, 6) is -0.476. The van der Waals surface area contributed by atoms with Crippen LogP contribution in [-0.4, -0.2) is 27.6 Å². The van der Waals surface area contributed by atoms with Gasteiger partial charge in [-0.05, 0) is 52.2 Å². The van der Waals surface area contributed by atoms with Crippen LogP contribution in [-0.2, 0) is 17.9 Å². The Balaban J connectivity index is 1.47. The third kappa shape index (κ3) is 5.51. The van der Waals surface area contributed by atoms with E-state index in [0.717, 1.165) is 14.9 Å². The number of thiophene rings is 1. The molecule has 1 aromatic carbocycles. The molecule has 2 amide bonds. The fourth-order valence-electron chi connectivity index (χ4n) is 2.46. The minimum absolute atomic E-state index is 0.223. The molecule has 2 N–H and O–H groups in total. The Labute approximate surface area is 169 Å². The second kappa shape index (κ2) is 8.96. The lowest BCUT2D eigenvalue weighted by Gasteiger charge is -2.14. The highest BCUT2D eigenvalue weighted by Gasteiger charge is 2.17. The first-order chi connectivity index (χ1) is 13.0. The average Bonchev–Trinajstić information content (AvgIpc) is 3.32. The Hall–Kier alpha value is -2.45. The van der Waals surface area contributed by atoms with Crippen molar-refractivity contribution in [1.29, 1.82) is 0 Å². The zero-order valence-corrected chi connectivity index (χ0v) is 17.1. The summed E-state index contributed by atoms with van der Waals surface area (Å²) in [6.45, 7) is 2.79. The van der Waals surface area contributed by atoms with Crippen molar-refractivity contribution in [3.63, 3.8) is 0 Å². The van der Waals surface area contributed by atoms with Gasteiger partial charge in [-0.1, -0.05) is 24.3 Å². The van der Waals surface area contributed by atoms with Crippen molar-refractivity contribution >= 4 is 39.1 Å². The third-order valence-corrected chi connectivity index (χ3v) is 5.55. The summed E-state index contributed by atoms with van der Waals surface area (Å²) in [5, 5.41) is 9.74. The highest BCUT2D eigenvalue weighted by molar-refractivity contribution is 9.11. The number of carbonyl (C=O) groups is 2. The molecule has 0 fully saturated rings. The highest BCUT2D eigenvalue weighted by atomic mass is 79.9. The van der Waals surface area contributed by atoms with Gasteiger partial charge in [-0.25, -0.2) is 0 Å². The molecule has 0 radical (unpaired) electrons. The average molecular weight is 447 g/mol. The molecule has 1 atom stereocenters. The first-order valence-electron chi connectivity index (χ1n) is 8.40. The molecule has 8 heteroatoms. The molecular formula is C19H19BrN4O2S. The van der Waals surface area contributed by atoms with Crippen LogP contribution in [0, 0.1) is 0 Å². The molecule has 0 aliphatic rings. The van der Waals surface area contributed by atoms with Crippen LogP contribution in [0.4, 0.5) is 0 Å². The standard InChI is InChI=1S/C19H19BrN4O2S/c1-13(23-19(26)16-7-8-17(20)27-16)18(25)21-11-14-3-5-15(6-4-14)12-24-10-2-9-22-24/h2-10,13H,11-12H2,1H3,(H,21,25)(H,23,26). The van der Waals surface area contributed by atoms with Crippen LogP contribution >= 0.6 is 27.3 Å². The van der Waals surface area contributed by atoms with Crippen LogP contribution in [0.3, 0.4) is 0 Å². The summed E-state index contributed by atoms with van der Waals surface area (Å²) >= 11 is 4.65. The van der Waals surface area contributed by atoms with Crippen molar-refractivity contribution in [2.75, 3.05) is 0 Å². The van der Waals surface area contributed by atoms with E-state index in [-0.39, 0.29) is 11.8 Å². The van der Waals surface area contributed by atoms with Crippen LogP contribution in [0.5, 0.6) is 0 Å². The number of nitrogens with zero attached hydrogens (tertiary/aromatic N) is 2. The minimum Gasteiger partial charge on any atom is -0.350 e.